The van der Waals surface area contributed by atoms with E-state index in [1.807, 2.05) is 37.2 Å². The van der Waals surface area contributed by atoms with E-state index in [1.165, 1.54) is 16.5 Å². The molecule has 170 valence electrons. The van der Waals surface area contributed by atoms with Gasteiger partial charge in [0.1, 0.15) is 5.82 Å². The molecule has 3 aromatic heterocycles. The van der Waals surface area contributed by atoms with Crippen molar-refractivity contribution in [1.82, 2.24) is 30.0 Å². The van der Waals surface area contributed by atoms with Crippen LogP contribution in [-0.2, 0) is 6.42 Å². The minimum atomic E-state index is -0.0895. The summed E-state index contributed by atoms with van der Waals surface area (Å²) < 4.78 is 0. The van der Waals surface area contributed by atoms with Crippen LogP contribution in [0, 0.1) is 13.8 Å². The molecule has 0 atom stereocenters. The minimum absolute atomic E-state index is 0.0895. The number of rotatable bonds is 6. The first-order chi connectivity index (χ1) is 16.1. The quantitative estimate of drug-likeness (QED) is 0.418. The molecule has 0 unspecified atom stereocenters. The number of carbonyl (C=O) groups excluding carboxylic acids is 1. The Morgan fingerprint density at radius 3 is 2.76 bits per heavy atom. The molecule has 1 aliphatic rings. The average molecular weight is 444 g/mol. The molecule has 1 fully saturated rings. The number of H-pyrrole nitrogens is 2. The normalized spacial score (nSPS) is 14.7. The second kappa shape index (κ2) is 9.05. The molecular formula is C25H29N7O. The third-order valence-corrected chi connectivity index (χ3v) is 6.68. The summed E-state index contributed by atoms with van der Waals surface area (Å²) in [4.78, 5) is 27.6. The van der Waals surface area contributed by atoms with Gasteiger partial charge in [-0.3, -0.25) is 9.89 Å². The molecule has 0 saturated carbocycles. The zero-order valence-corrected chi connectivity index (χ0v) is 19.1. The van der Waals surface area contributed by atoms with Gasteiger partial charge < -0.3 is 15.2 Å². The molecule has 4 aromatic rings. The van der Waals surface area contributed by atoms with Gasteiger partial charge in [0.25, 0.3) is 5.91 Å². The Morgan fingerprint density at radius 2 is 1.97 bits per heavy atom. The molecule has 0 aliphatic carbocycles. The first-order valence-electron chi connectivity index (χ1n) is 11.5. The fourth-order valence-electron chi connectivity index (χ4n) is 4.60. The van der Waals surface area contributed by atoms with Gasteiger partial charge in [0.2, 0.25) is 5.82 Å². The van der Waals surface area contributed by atoms with Gasteiger partial charge in [0, 0.05) is 54.2 Å². The molecule has 1 aliphatic heterocycles. The molecule has 8 heteroatoms. The number of hydrogen-bond donors (Lipinski definition) is 3. The molecule has 5 rings (SSSR count). The summed E-state index contributed by atoms with van der Waals surface area (Å²) >= 11 is 0. The molecule has 3 N–H and O–H groups in total. The number of nitrogens with one attached hydrogen (secondary N) is 3. The minimum Gasteiger partial charge on any atom is -0.369 e. The van der Waals surface area contributed by atoms with Gasteiger partial charge in [-0.1, -0.05) is 18.2 Å². The number of hydrogen-bond acceptors (Lipinski definition) is 5. The average Bonchev–Trinajstić information content (AvgIpc) is 3.51. The number of nitrogens with zero attached hydrogens (tertiary/aromatic N) is 4. The Bertz CT molecular complexity index is 1250. The highest BCUT2D eigenvalue weighted by molar-refractivity contribution is 5.91. The van der Waals surface area contributed by atoms with Crippen LogP contribution in [0.3, 0.4) is 0 Å². The van der Waals surface area contributed by atoms with Crippen molar-refractivity contribution in [2.24, 2.45) is 0 Å². The van der Waals surface area contributed by atoms with Crippen molar-refractivity contribution < 1.29 is 4.79 Å². The van der Waals surface area contributed by atoms with Crippen LogP contribution < -0.4 is 5.32 Å². The SMILES string of the molecule is Cc1nc(C(=O)N2CCC(c3c[nH]c4ccccc34)CC2)nc(NCCc2cn[nH]c2)c1C. The highest BCUT2D eigenvalue weighted by Crippen LogP contribution is 2.33. The van der Waals surface area contributed by atoms with Gasteiger partial charge in [-0.05, 0) is 56.2 Å². The van der Waals surface area contributed by atoms with Crippen LogP contribution in [0.5, 0.6) is 0 Å². The van der Waals surface area contributed by atoms with E-state index >= 15 is 0 Å². The fraction of sp³-hybridized carbons (Fsp3) is 0.360. The van der Waals surface area contributed by atoms with Crippen molar-refractivity contribution in [1.29, 1.82) is 0 Å². The molecule has 1 amide bonds. The zero-order chi connectivity index (χ0) is 22.8. The topological polar surface area (TPSA) is 103 Å². The summed E-state index contributed by atoms with van der Waals surface area (Å²) in [7, 11) is 0. The smallest absolute Gasteiger partial charge is 0.291 e. The number of anilines is 1. The van der Waals surface area contributed by atoms with E-state index in [4.69, 9.17) is 0 Å². The van der Waals surface area contributed by atoms with E-state index < -0.39 is 0 Å². The number of aromatic nitrogens is 5. The maximum absolute atomic E-state index is 13.2. The summed E-state index contributed by atoms with van der Waals surface area (Å²) in [5.41, 5.74) is 5.44. The number of amides is 1. The second-order valence-electron chi connectivity index (χ2n) is 8.75. The maximum atomic E-state index is 13.2. The van der Waals surface area contributed by atoms with Gasteiger partial charge in [-0.15, -0.1) is 0 Å². The number of benzene rings is 1. The number of carbonyl (C=O) groups is 1. The predicted octanol–water partition coefficient (Wildman–Crippen LogP) is 3.97. The fourth-order valence-corrected chi connectivity index (χ4v) is 4.60. The van der Waals surface area contributed by atoms with Gasteiger partial charge in [0.15, 0.2) is 0 Å². The molecule has 1 saturated heterocycles. The molecule has 1 aromatic carbocycles. The molecular weight excluding hydrogens is 414 g/mol. The lowest BCUT2D eigenvalue weighted by Crippen LogP contribution is -2.39. The van der Waals surface area contributed by atoms with E-state index in [2.05, 4.69) is 54.9 Å². The largest absolute Gasteiger partial charge is 0.369 e. The van der Waals surface area contributed by atoms with E-state index in [9.17, 15) is 4.79 Å². The Kier molecular flexibility index (Phi) is 5.81. The van der Waals surface area contributed by atoms with Crippen LogP contribution in [0.2, 0.25) is 0 Å². The second-order valence-corrected chi connectivity index (χ2v) is 8.75. The molecule has 0 bridgehead atoms. The lowest BCUT2D eigenvalue weighted by Gasteiger charge is -2.31. The summed E-state index contributed by atoms with van der Waals surface area (Å²) in [5, 5.41) is 11.4. The summed E-state index contributed by atoms with van der Waals surface area (Å²) in [6.45, 7) is 6.04. The molecule has 0 radical (unpaired) electrons. The van der Waals surface area contributed by atoms with Crippen molar-refractivity contribution >= 4 is 22.6 Å². The summed E-state index contributed by atoms with van der Waals surface area (Å²) in [5.74, 6) is 1.36. The van der Waals surface area contributed by atoms with E-state index in [-0.39, 0.29) is 11.7 Å². The lowest BCUT2D eigenvalue weighted by molar-refractivity contribution is 0.0700. The number of aryl methyl sites for hydroxylation is 1. The predicted molar refractivity (Wildman–Crippen MR) is 128 cm³/mol. The van der Waals surface area contributed by atoms with Crippen LogP contribution in [0.15, 0.2) is 42.9 Å². The molecule has 8 nitrogen and oxygen atoms in total. The zero-order valence-electron chi connectivity index (χ0n) is 19.1. The third-order valence-electron chi connectivity index (χ3n) is 6.68. The number of aromatic amines is 2. The van der Waals surface area contributed by atoms with Crippen LogP contribution in [0.4, 0.5) is 5.82 Å². The Balaban J connectivity index is 1.25. The third kappa shape index (κ3) is 4.33. The van der Waals surface area contributed by atoms with Crippen molar-refractivity contribution in [3.8, 4) is 0 Å². The van der Waals surface area contributed by atoms with Crippen molar-refractivity contribution in [2.75, 3.05) is 25.0 Å². The standard InChI is InChI=1S/C25H29N7O/c1-16-17(2)30-24(31-23(16)26-10-7-18-13-28-29-14-18)25(33)32-11-8-19(9-12-32)21-15-27-22-6-4-3-5-20(21)22/h3-6,13-15,19,27H,7-12H2,1-2H3,(H,28,29)(H,26,30,31). The van der Waals surface area contributed by atoms with Gasteiger partial charge in [-0.25, -0.2) is 9.97 Å². The number of para-hydroxylation sites is 1. The van der Waals surface area contributed by atoms with Gasteiger partial charge in [0.05, 0.1) is 6.20 Å². The van der Waals surface area contributed by atoms with Gasteiger partial charge in [-0.2, -0.15) is 5.10 Å². The van der Waals surface area contributed by atoms with Crippen LogP contribution >= 0.6 is 0 Å². The Labute approximate surface area is 192 Å². The number of piperidine rings is 1. The molecule has 0 spiro atoms. The van der Waals surface area contributed by atoms with Crippen LogP contribution in [-0.4, -0.2) is 55.6 Å². The van der Waals surface area contributed by atoms with E-state index in [0.29, 0.717) is 25.6 Å². The summed E-state index contributed by atoms with van der Waals surface area (Å²) in [6, 6.07) is 8.41. The van der Waals surface area contributed by atoms with Crippen molar-refractivity contribution in [3.05, 3.63) is 71.1 Å². The molecule has 4 heterocycles. The van der Waals surface area contributed by atoms with E-state index in [0.717, 1.165) is 41.9 Å². The first-order valence-corrected chi connectivity index (χ1v) is 11.5. The molecule has 33 heavy (non-hydrogen) atoms. The highest BCUT2D eigenvalue weighted by atomic mass is 16.2. The maximum Gasteiger partial charge on any atom is 0.291 e. The van der Waals surface area contributed by atoms with Gasteiger partial charge >= 0.3 is 0 Å². The number of fused-ring (bicyclic) bond motifs is 1. The first kappa shape index (κ1) is 21.2. The summed E-state index contributed by atoms with van der Waals surface area (Å²) in [6.07, 6.45) is 8.52. The van der Waals surface area contributed by atoms with Crippen molar-refractivity contribution in [3.63, 3.8) is 0 Å². The van der Waals surface area contributed by atoms with Crippen LogP contribution in [0.1, 0.15) is 51.8 Å². The lowest BCUT2D eigenvalue weighted by atomic mass is 9.89. The Morgan fingerprint density at radius 1 is 1.15 bits per heavy atom. The Hall–Kier alpha value is -3.68. The number of likely N-dealkylation sites (tertiary alicyclic amines) is 1. The van der Waals surface area contributed by atoms with Crippen LogP contribution in [0.25, 0.3) is 10.9 Å². The highest BCUT2D eigenvalue weighted by Gasteiger charge is 2.28. The van der Waals surface area contributed by atoms with E-state index in [1.54, 1.807) is 0 Å². The monoisotopic (exact) mass is 443 g/mol. The van der Waals surface area contributed by atoms with Crippen molar-refractivity contribution in [2.45, 2.75) is 39.0 Å².